The first-order valence-electron chi connectivity index (χ1n) is 14.9. The van der Waals surface area contributed by atoms with Gasteiger partial charge in [-0.15, -0.1) is 23.1 Å². The number of nitrogens with one attached hydrogen (secondary N) is 1. The Morgan fingerprint density at radius 3 is 2.07 bits per heavy atom. The number of aromatic nitrogens is 2. The van der Waals surface area contributed by atoms with Crippen LogP contribution in [-0.4, -0.2) is 15.8 Å². The minimum absolute atomic E-state index is 1.11. The third-order valence-corrected chi connectivity index (χ3v) is 9.71. The maximum Gasteiger partial charge on any atom is 0.0798 e. The third-order valence-electron chi connectivity index (χ3n) is 8.04. The van der Waals surface area contributed by atoms with Gasteiger partial charge in [0.05, 0.1) is 16.6 Å². The second-order valence-corrected chi connectivity index (χ2v) is 12.2. The van der Waals surface area contributed by atoms with Crippen molar-refractivity contribution in [2.24, 2.45) is 0 Å². The summed E-state index contributed by atoms with van der Waals surface area (Å²) in [6, 6.07) is 41.4. The van der Waals surface area contributed by atoms with Gasteiger partial charge in [0, 0.05) is 48.6 Å². The highest BCUT2D eigenvalue weighted by atomic mass is 32.2. The van der Waals surface area contributed by atoms with Crippen molar-refractivity contribution in [1.29, 1.82) is 0 Å². The van der Waals surface area contributed by atoms with Crippen molar-refractivity contribution in [2.75, 3.05) is 11.2 Å². The van der Waals surface area contributed by atoms with Crippen LogP contribution in [-0.2, 0) is 0 Å². The number of rotatable bonds is 6. The Kier molecular flexibility index (Phi) is 7.51. The molecule has 0 aliphatic carbocycles. The van der Waals surface area contributed by atoms with Gasteiger partial charge in [0.1, 0.15) is 0 Å². The molecule has 3 heterocycles. The highest BCUT2D eigenvalue weighted by Gasteiger charge is 2.20. The van der Waals surface area contributed by atoms with Gasteiger partial charge in [0.25, 0.3) is 0 Å². The number of thioether (sulfide) groups is 1. The summed E-state index contributed by atoms with van der Waals surface area (Å²) in [7, 11) is 0. The van der Waals surface area contributed by atoms with Crippen LogP contribution < -0.4 is 4.90 Å². The molecule has 5 aromatic carbocycles. The maximum absolute atomic E-state index is 4.12. The largest absolute Gasteiger partial charge is 0.353 e. The van der Waals surface area contributed by atoms with Gasteiger partial charge in [-0.1, -0.05) is 62.9 Å². The number of para-hydroxylation sites is 2. The first kappa shape index (κ1) is 28.1. The van der Waals surface area contributed by atoms with Crippen molar-refractivity contribution >= 4 is 89.2 Å². The van der Waals surface area contributed by atoms with Crippen molar-refractivity contribution in [1.82, 2.24) is 9.55 Å². The summed E-state index contributed by atoms with van der Waals surface area (Å²) in [5, 5.41) is 5.90. The number of anilines is 3. The highest BCUT2D eigenvalue weighted by Crippen LogP contribution is 2.42. The Morgan fingerprint density at radius 1 is 0.773 bits per heavy atom. The first-order valence-corrected chi connectivity index (χ1v) is 17.0. The molecule has 0 unspecified atom stereocenters. The second kappa shape index (κ2) is 11.8. The predicted octanol–water partition coefficient (Wildman–Crippen LogP) is 12.3. The number of aromatic amines is 1. The van der Waals surface area contributed by atoms with Crippen LogP contribution in [0.5, 0.6) is 0 Å². The molecule has 216 valence electrons. The molecule has 0 aliphatic rings. The van der Waals surface area contributed by atoms with Crippen molar-refractivity contribution in [3.63, 3.8) is 0 Å². The van der Waals surface area contributed by atoms with Crippen molar-refractivity contribution in [3.05, 3.63) is 133 Å². The van der Waals surface area contributed by atoms with Crippen LogP contribution in [0, 0.1) is 0 Å². The number of hydrogen-bond donors (Lipinski definition) is 1. The standard InChI is InChI=1S/C37H27N3S2.C2H6/c1-3-24-21-33-31(23-34(24)41-2)36-37(30-22-35-25(18-19-42-35)20-32(30)38-36)40(33)29-16-14-28(15-17-29)39(26-10-6-4-7-11-26)27-12-8-5-9-13-27;1-2/h3-23,38H,1H2,2H3;1-2H3. The van der Waals surface area contributed by atoms with Gasteiger partial charge in [-0.05, 0) is 101 Å². The molecule has 0 spiro atoms. The SMILES string of the molecule is C=Cc1cc2c(cc1SC)c1[nH]c3cc4ccsc4cc3c1n2-c1ccc(N(c2ccccc2)c2ccccc2)cc1.CC. The molecule has 0 bridgehead atoms. The van der Waals surface area contributed by atoms with E-state index in [1.165, 1.54) is 42.3 Å². The van der Waals surface area contributed by atoms with Crippen LogP contribution in [0.3, 0.4) is 0 Å². The molecule has 0 radical (unpaired) electrons. The third kappa shape index (κ3) is 4.60. The molecule has 1 N–H and O–H groups in total. The van der Waals surface area contributed by atoms with Gasteiger partial charge in [0.15, 0.2) is 0 Å². The van der Waals surface area contributed by atoms with Crippen molar-refractivity contribution in [2.45, 2.75) is 18.7 Å². The smallest absolute Gasteiger partial charge is 0.0798 e. The Morgan fingerprint density at radius 2 is 1.43 bits per heavy atom. The van der Waals surface area contributed by atoms with E-state index in [9.17, 15) is 0 Å². The molecule has 8 aromatic rings. The molecule has 0 saturated heterocycles. The number of nitrogens with zero attached hydrogens (tertiary/aromatic N) is 2. The van der Waals surface area contributed by atoms with Gasteiger partial charge in [-0.2, -0.15) is 0 Å². The zero-order valence-corrected chi connectivity index (χ0v) is 26.7. The van der Waals surface area contributed by atoms with Crippen molar-refractivity contribution in [3.8, 4) is 5.69 Å². The van der Waals surface area contributed by atoms with E-state index in [-0.39, 0.29) is 0 Å². The van der Waals surface area contributed by atoms with Gasteiger partial charge in [0.2, 0.25) is 0 Å². The van der Waals surface area contributed by atoms with E-state index in [1.807, 2.05) is 19.9 Å². The van der Waals surface area contributed by atoms with Crippen LogP contribution in [0.2, 0.25) is 0 Å². The summed E-state index contributed by atoms with van der Waals surface area (Å²) in [6.07, 6.45) is 4.09. The molecular formula is C39H33N3S2. The van der Waals surface area contributed by atoms with E-state index in [0.717, 1.165) is 33.8 Å². The number of benzene rings is 5. The Bertz CT molecular complexity index is 2200. The molecule has 0 amide bonds. The average Bonchev–Trinajstić information content (AvgIpc) is 3.78. The second-order valence-electron chi connectivity index (χ2n) is 10.4. The maximum atomic E-state index is 4.12. The van der Waals surface area contributed by atoms with Crippen LogP contribution in [0.15, 0.2) is 132 Å². The lowest BCUT2D eigenvalue weighted by atomic mass is 10.1. The lowest BCUT2D eigenvalue weighted by molar-refractivity contribution is 1.18. The van der Waals surface area contributed by atoms with Crippen LogP contribution in [0.25, 0.3) is 54.7 Å². The minimum atomic E-state index is 1.11. The number of thiophene rings is 1. The molecule has 0 saturated carbocycles. The number of H-pyrrole nitrogens is 1. The van der Waals surface area contributed by atoms with Gasteiger partial charge < -0.3 is 14.5 Å². The molecule has 5 heteroatoms. The van der Waals surface area contributed by atoms with E-state index in [1.54, 1.807) is 23.1 Å². The highest BCUT2D eigenvalue weighted by molar-refractivity contribution is 7.98. The lowest BCUT2D eigenvalue weighted by Gasteiger charge is -2.25. The van der Waals surface area contributed by atoms with Gasteiger partial charge >= 0.3 is 0 Å². The summed E-state index contributed by atoms with van der Waals surface area (Å²) < 4.78 is 3.72. The average molecular weight is 608 g/mol. The topological polar surface area (TPSA) is 24.0 Å². The first-order chi connectivity index (χ1) is 21.7. The van der Waals surface area contributed by atoms with E-state index >= 15 is 0 Å². The molecule has 44 heavy (non-hydrogen) atoms. The molecule has 0 aliphatic heterocycles. The molecular weight excluding hydrogens is 575 g/mol. The molecule has 3 aromatic heterocycles. The van der Waals surface area contributed by atoms with E-state index in [2.05, 4.69) is 148 Å². The minimum Gasteiger partial charge on any atom is -0.353 e. The van der Waals surface area contributed by atoms with Gasteiger partial charge in [-0.3, -0.25) is 0 Å². The summed E-state index contributed by atoms with van der Waals surface area (Å²) in [6.45, 7) is 8.12. The fourth-order valence-corrected chi connectivity index (χ4v) is 7.54. The van der Waals surface area contributed by atoms with Crippen molar-refractivity contribution < 1.29 is 0 Å². The van der Waals surface area contributed by atoms with Crippen LogP contribution in [0.1, 0.15) is 19.4 Å². The lowest BCUT2D eigenvalue weighted by Crippen LogP contribution is -2.09. The van der Waals surface area contributed by atoms with E-state index in [0.29, 0.717) is 0 Å². The Labute approximate surface area is 266 Å². The number of fused-ring (bicyclic) bond motifs is 6. The molecule has 0 fully saturated rings. The molecule has 8 rings (SSSR count). The molecule has 0 atom stereocenters. The Balaban J connectivity index is 0.00000153. The summed E-state index contributed by atoms with van der Waals surface area (Å²) >= 11 is 3.55. The zero-order chi connectivity index (χ0) is 30.2. The zero-order valence-electron chi connectivity index (χ0n) is 25.0. The summed E-state index contributed by atoms with van der Waals surface area (Å²) in [5.74, 6) is 0. The van der Waals surface area contributed by atoms with Crippen LogP contribution in [0.4, 0.5) is 17.1 Å². The number of hydrogen-bond acceptors (Lipinski definition) is 3. The van der Waals surface area contributed by atoms with E-state index in [4.69, 9.17) is 0 Å². The van der Waals surface area contributed by atoms with Gasteiger partial charge in [-0.25, -0.2) is 0 Å². The van der Waals surface area contributed by atoms with Crippen LogP contribution >= 0.6 is 23.1 Å². The fourth-order valence-electron chi connectivity index (χ4n) is 6.11. The fraction of sp³-hybridized carbons (Fsp3) is 0.0769. The summed E-state index contributed by atoms with van der Waals surface area (Å²) in [4.78, 5) is 7.32. The predicted molar refractivity (Wildman–Crippen MR) is 196 cm³/mol. The molecule has 3 nitrogen and oxygen atoms in total. The quantitative estimate of drug-likeness (QED) is 0.190. The summed E-state index contributed by atoms with van der Waals surface area (Å²) in [5.41, 5.74) is 10.4. The normalized spacial score (nSPS) is 11.2. The van der Waals surface area contributed by atoms with E-state index < -0.39 is 0 Å². The Hall–Kier alpha value is -4.71. The monoisotopic (exact) mass is 607 g/mol.